The van der Waals surface area contributed by atoms with E-state index in [0.29, 0.717) is 5.56 Å². The van der Waals surface area contributed by atoms with Gasteiger partial charge in [-0.3, -0.25) is 0 Å². The van der Waals surface area contributed by atoms with Gasteiger partial charge in [-0.25, -0.2) is 0 Å². The minimum absolute atomic E-state index is 0. The molecule has 0 atom stereocenters. The lowest BCUT2D eigenvalue weighted by Crippen LogP contribution is -1.81. The molecular formula is C8H11NO3. The molecule has 0 aliphatic carbocycles. The maximum Gasteiger partial charge on any atom is 0.124 e. The van der Waals surface area contributed by atoms with Crippen LogP contribution in [0.2, 0.25) is 0 Å². The Hall–Kier alpha value is -1.55. The van der Waals surface area contributed by atoms with Crippen LogP contribution in [-0.2, 0) is 4.84 Å². The lowest BCUT2D eigenvalue weighted by atomic mass is 10.2. The second-order valence-corrected chi connectivity index (χ2v) is 1.98. The van der Waals surface area contributed by atoms with Crippen molar-refractivity contribution in [1.29, 1.82) is 0 Å². The van der Waals surface area contributed by atoms with Gasteiger partial charge in [-0.05, 0) is 12.1 Å². The number of hydrogen-bond acceptors (Lipinski definition) is 3. The number of hydrogen-bond donors (Lipinski definition) is 1. The normalized spacial score (nSPS) is 9.42. The van der Waals surface area contributed by atoms with Gasteiger partial charge in [0.25, 0.3) is 0 Å². The molecular weight excluding hydrogens is 158 g/mol. The molecule has 0 saturated heterocycles. The van der Waals surface area contributed by atoms with E-state index >= 15 is 0 Å². The third-order valence-corrected chi connectivity index (χ3v) is 1.23. The second-order valence-electron chi connectivity index (χ2n) is 1.98. The molecule has 4 heteroatoms. The third kappa shape index (κ3) is 2.59. The average molecular weight is 169 g/mol. The van der Waals surface area contributed by atoms with E-state index in [9.17, 15) is 5.11 Å². The Morgan fingerprint density at radius 1 is 1.42 bits per heavy atom. The van der Waals surface area contributed by atoms with Crippen molar-refractivity contribution in [3.8, 4) is 5.75 Å². The molecule has 0 saturated carbocycles. The van der Waals surface area contributed by atoms with Crippen LogP contribution in [0.4, 0.5) is 0 Å². The molecule has 12 heavy (non-hydrogen) atoms. The first kappa shape index (κ1) is 10.4. The number of aromatic hydroxyl groups is 1. The van der Waals surface area contributed by atoms with Gasteiger partial charge in [0.15, 0.2) is 0 Å². The molecule has 0 heterocycles. The van der Waals surface area contributed by atoms with E-state index in [1.54, 1.807) is 18.2 Å². The standard InChI is InChI=1S/C8H9NO2.H2O/c1-11-9-6-7-4-2-3-5-8(7)10;/h2-6,10H,1H3;1H2. The molecule has 1 aromatic rings. The Morgan fingerprint density at radius 2 is 2.08 bits per heavy atom. The molecule has 3 N–H and O–H groups in total. The Balaban J connectivity index is 0.00000121. The van der Waals surface area contributed by atoms with Crippen LogP contribution in [0.5, 0.6) is 5.75 Å². The number of nitrogens with zero attached hydrogens (tertiary/aromatic N) is 1. The van der Waals surface area contributed by atoms with Crippen molar-refractivity contribution >= 4 is 6.21 Å². The fraction of sp³-hybridized carbons (Fsp3) is 0.125. The zero-order valence-electron chi connectivity index (χ0n) is 6.69. The summed E-state index contributed by atoms with van der Waals surface area (Å²) in [6.07, 6.45) is 1.45. The van der Waals surface area contributed by atoms with Gasteiger partial charge < -0.3 is 15.4 Å². The van der Waals surface area contributed by atoms with E-state index in [4.69, 9.17) is 0 Å². The number of para-hydroxylation sites is 1. The molecule has 0 unspecified atom stereocenters. The Bertz CT molecular complexity index is 260. The van der Waals surface area contributed by atoms with Gasteiger partial charge in [0, 0.05) is 5.56 Å². The highest BCUT2D eigenvalue weighted by atomic mass is 16.6. The summed E-state index contributed by atoms with van der Waals surface area (Å²) in [5.41, 5.74) is 0.648. The van der Waals surface area contributed by atoms with E-state index in [2.05, 4.69) is 9.99 Å². The predicted molar refractivity (Wildman–Crippen MR) is 46.3 cm³/mol. The summed E-state index contributed by atoms with van der Waals surface area (Å²) in [5.74, 6) is 0.202. The van der Waals surface area contributed by atoms with Gasteiger partial charge in [0.1, 0.15) is 12.9 Å². The van der Waals surface area contributed by atoms with Crippen LogP contribution in [-0.4, -0.2) is 23.9 Å². The monoisotopic (exact) mass is 169 g/mol. The number of oxime groups is 1. The summed E-state index contributed by atoms with van der Waals surface area (Å²) in [6, 6.07) is 6.91. The zero-order chi connectivity index (χ0) is 8.10. The van der Waals surface area contributed by atoms with E-state index < -0.39 is 0 Å². The molecule has 1 rings (SSSR count). The van der Waals surface area contributed by atoms with Crippen molar-refractivity contribution < 1.29 is 15.4 Å². The topological polar surface area (TPSA) is 73.3 Å². The second kappa shape index (κ2) is 5.15. The zero-order valence-corrected chi connectivity index (χ0v) is 6.69. The minimum atomic E-state index is 0. The van der Waals surface area contributed by atoms with Crippen LogP contribution in [0.15, 0.2) is 29.4 Å². The molecule has 1 aromatic carbocycles. The van der Waals surface area contributed by atoms with E-state index in [0.717, 1.165) is 0 Å². The summed E-state index contributed by atoms with van der Waals surface area (Å²) < 4.78 is 0. The van der Waals surface area contributed by atoms with Gasteiger partial charge in [0.2, 0.25) is 0 Å². The summed E-state index contributed by atoms with van der Waals surface area (Å²) in [4.78, 5) is 4.46. The smallest absolute Gasteiger partial charge is 0.124 e. The van der Waals surface area contributed by atoms with Gasteiger partial charge >= 0.3 is 0 Å². The van der Waals surface area contributed by atoms with Gasteiger partial charge in [0.05, 0.1) is 6.21 Å². The SMILES string of the molecule is CON=Cc1ccccc1O.O. The lowest BCUT2D eigenvalue weighted by Gasteiger charge is -1.94. The van der Waals surface area contributed by atoms with Gasteiger partial charge in [-0.2, -0.15) is 0 Å². The van der Waals surface area contributed by atoms with E-state index in [1.165, 1.54) is 13.3 Å². The molecule has 0 fully saturated rings. The molecule has 0 amide bonds. The van der Waals surface area contributed by atoms with Crippen molar-refractivity contribution in [2.24, 2.45) is 5.16 Å². The van der Waals surface area contributed by atoms with Crippen LogP contribution < -0.4 is 0 Å². The number of phenolic OH excluding ortho intramolecular Hbond substituents is 1. The fourth-order valence-electron chi connectivity index (χ4n) is 0.706. The molecule has 66 valence electrons. The fourth-order valence-corrected chi connectivity index (χ4v) is 0.706. The van der Waals surface area contributed by atoms with Crippen molar-refractivity contribution in [2.75, 3.05) is 7.11 Å². The Kier molecular flexibility index (Phi) is 4.48. The number of rotatable bonds is 2. The van der Waals surface area contributed by atoms with Crippen LogP contribution in [0, 0.1) is 0 Å². The molecule has 0 radical (unpaired) electrons. The average Bonchev–Trinajstić information content (AvgIpc) is 2.03. The minimum Gasteiger partial charge on any atom is -0.507 e. The van der Waals surface area contributed by atoms with Crippen molar-refractivity contribution in [3.05, 3.63) is 29.8 Å². The van der Waals surface area contributed by atoms with E-state index in [1.807, 2.05) is 6.07 Å². The number of benzene rings is 1. The molecule has 0 aliphatic heterocycles. The van der Waals surface area contributed by atoms with Crippen molar-refractivity contribution in [3.63, 3.8) is 0 Å². The maximum absolute atomic E-state index is 9.19. The first-order valence-corrected chi connectivity index (χ1v) is 3.19. The summed E-state index contributed by atoms with van der Waals surface area (Å²) in [6.45, 7) is 0. The number of phenols is 1. The summed E-state index contributed by atoms with van der Waals surface area (Å²) in [7, 11) is 1.45. The molecule has 0 bridgehead atoms. The van der Waals surface area contributed by atoms with Crippen LogP contribution >= 0.6 is 0 Å². The van der Waals surface area contributed by atoms with Crippen LogP contribution in [0.1, 0.15) is 5.56 Å². The van der Waals surface area contributed by atoms with Crippen molar-refractivity contribution in [2.45, 2.75) is 0 Å². The quantitative estimate of drug-likeness (QED) is 0.518. The first-order chi connectivity index (χ1) is 5.34. The van der Waals surface area contributed by atoms with Gasteiger partial charge in [-0.15, -0.1) is 0 Å². The molecule has 4 nitrogen and oxygen atoms in total. The molecule has 0 spiro atoms. The van der Waals surface area contributed by atoms with Crippen molar-refractivity contribution in [1.82, 2.24) is 0 Å². The van der Waals surface area contributed by atoms with Crippen LogP contribution in [0.25, 0.3) is 0 Å². The molecule has 0 aromatic heterocycles. The summed E-state index contributed by atoms with van der Waals surface area (Å²) >= 11 is 0. The summed E-state index contributed by atoms with van der Waals surface area (Å²) in [5, 5.41) is 12.7. The van der Waals surface area contributed by atoms with Crippen LogP contribution in [0.3, 0.4) is 0 Å². The highest BCUT2D eigenvalue weighted by molar-refractivity contribution is 5.82. The third-order valence-electron chi connectivity index (χ3n) is 1.23. The first-order valence-electron chi connectivity index (χ1n) is 3.19. The Morgan fingerprint density at radius 3 is 2.67 bits per heavy atom. The Labute approximate surface area is 70.4 Å². The predicted octanol–water partition coefficient (Wildman–Crippen LogP) is 0.548. The van der Waals surface area contributed by atoms with E-state index in [-0.39, 0.29) is 11.2 Å². The maximum atomic E-state index is 9.19. The lowest BCUT2D eigenvalue weighted by molar-refractivity contribution is 0.215. The molecule has 0 aliphatic rings. The largest absolute Gasteiger partial charge is 0.507 e. The highest BCUT2D eigenvalue weighted by Gasteiger charge is 1.93. The van der Waals surface area contributed by atoms with Gasteiger partial charge in [-0.1, -0.05) is 17.3 Å². The highest BCUT2D eigenvalue weighted by Crippen LogP contribution is 2.12.